The Hall–Kier alpha value is -3.55. The summed E-state index contributed by atoms with van der Waals surface area (Å²) in [5, 5.41) is 39.6. The zero-order chi connectivity index (χ0) is 17.9. The highest BCUT2D eigenvalue weighted by Crippen LogP contribution is 2.35. The minimum Gasteiger partial charge on any atom is -0.507 e. The molecule has 8 nitrogen and oxygen atoms in total. The van der Waals surface area contributed by atoms with Gasteiger partial charge in [-0.1, -0.05) is 12.1 Å². The molecule has 0 radical (unpaired) electrons. The zero-order valence-corrected chi connectivity index (χ0v) is 12.5. The number of nitro groups is 1. The van der Waals surface area contributed by atoms with Crippen LogP contribution in [-0.2, 0) is 4.79 Å². The predicted octanol–water partition coefficient (Wildman–Crippen LogP) is 2.64. The molecule has 2 rings (SSSR count). The molecule has 0 fully saturated rings. The number of phenols is 2. The van der Waals surface area contributed by atoms with Gasteiger partial charge >= 0.3 is 11.7 Å². The first kappa shape index (κ1) is 16.8. The van der Waals surface area contributed by atoms with Crippen molar-refractivity contribution in [3.8, 4) is 17.2 Å². The number of hydrogen-bond acceptors (Lipinski definition) is 6. The Balaban J connectivity index is 2.62. The number of ether oxygens (including phenoxy) is 1. The number of nitro benzene ring substituents is 1. The number of aliphatic carboxylic acids is 1. The first-order valence-corrected chi connectivity index (χ1v) is 6.63. The molecule has 0 aromatic heterocycles. The lowest BCUT2D eigenvalue weighted by Gasteiger charge is -2.07. The van der Waals surface area contributed by atoms with E-state index in [0.29, 0.717) is 5.75 Å². The normalized spacial score (nSPS) is 11.1. The molecule has 0 spiro atoms. The van der Waals surface area contributed by atoms with Crippen LogP contribution >= 0.6 is 0 Å². The van der Waals surface area contributed by atoms with Gasteiger partial charge in [0.1, 0.15) is 11.5 Å². The standard InChI is InChI=1S/C16H13NO7/c1-24-11-4-2-3-9(5-11)12(16(20)21)6-10-7-13(17(22)23)15(19)8-14(10)18/h2-8,18-19H,1H3,(H,20,21)/b12-6-. The third-order valence-electron chi connectivity index (χ3n) is 3.23. The van der Waals surface area contributed by atoms with Gasteiger partial charge in [0, 0.05) is 17.7 Å². The van der Waals surface area contributed by atoms with Gasteiger partial charge < -0.3 is 20.1 Å². The van der Waals surface area contributed by atoms with Crippen molar-refractivity contribution >= 4 is 23.3 Å². The van der Waals surface area contributed by atoms with E-state index in [9.17, 15) is 30.2 Å². The summed E-state index contributed by atoms with van der Waals surface area (Å²) < 4.78 is 5.03. The zero-order valence-electron chi connectivity index (χ0n) is 12.5. The molecule has 0 bridgehead atoms. The Labute approximate surface area is 136 Å². The highest BCUT2D eigenvalue weighted by Gasteiger charge is 2.19. The largest absolute Gasteiger partial charge is 0.507 e. The molecule has 0 amide bonds. The van der Waals surface area contributed by atoms with Crippen LogP contribution in [0.3, 0.4) is 0 Å². The predicted molar refractivity (Wildman–Crippen MR) is 84.9 cm³/mol. The van der Waals surface area contributed by atoms with Crippen molar-refractivity contribution in [2.75, 3.05) is 7.11 Å². The molecular weight excluding hydrogens is 318 g/mol. The molecule has 0 saturated heterocycles. The van der Waals surface area contributed by atoms with Gasteiger partial charge in [-0.05, 0) is 23.8 Å². The van der Waals surface area contributed by atoms with Gasteiger partial charge in [-0.3, -0.25) is 10.1 Å². The number of aromatic hydroxyl groups is 2. The molecule has 0 aliphatic carbocycles. The average Bonchev–Trinajstić information content (AvgIpc) is 2.53. The second-order valence-corrected chi connectivity index (χ2v) is 4.75. The molecule has 24 heavy (non-hydrogen) atoms. The molecule has 2 aromatic rings. The second-order valence-electron chi connectivity index (χ2n) is 4.75. The number of carbonyl (C=O) groups is 1. The Morgan fingerprint density at radius 3 is 2.50 bits per heavy atom. The van der Waals surface area contributed by atoms with Crippen molar-refractivity contribution in [1.82, 2.24) is 0 Å². The van der Waals surface area contributed by atoms with Crippen LogP contribution < -0.4 is 4.74 Å². The average molecular weight is 331 g/mol. The number of methoxy groups -OCH3 is 1. The second kappa shape index (κ2) is 6.69. The summed E-state index contributed by atoms with van der Waals surface area (Å²) in [6.07, 6.45) is 1.08. The molecule has 0 aliphatic rings. The van der Waals surface area contributed by atoms with E-state index in [1.807, 2.05) is 0 Å². The fourth-order valence-electron chi connectivity index (χ4n) is 2.06. The smallest absolute Gasteiger partial charge is 0.336 e. The maximum absolute atomic E-state index is 11.5. The van der Waals surface area contributed by atoms with E-state index in [0.717, 1.165) is 18.2 Å². The minimum absolute atomic E-state index is 0.111. The third-order valence-corrected chi connectivity index (χ3v) is 3.23. The van der Waals surface area contributed by atoms with Gasteiger partial charge in [-0.2, -0.15) is 0 Å². The fraction of sp³-hybridized carbons (Fsp3) is 0.0625. The van der Waals surface area contributed by atoms with Crippen molar-refractivity contribution in [3.63, 3.8) is 0 Å². The highest BCUT2D eigenvalue weighted by molar-refractivity contribution is 6.21. The fourth-order valence-corrected chi connectivity index (χ4v) is 2.06. The number of phenolic OH excluding ortho intramolecular Hbond substituents is 2. The van der Waals surface area contributed by atoms with Crippen molar-refractivity contribution in [2.45, 2.75) is 0 Å². The van der Waals surface area contributed by atoms with E-state index in [1.54, 1.807) is 12.1 Å². The van der Waals surface area contributed by atoms with Gasteiger partial charge in [0.05, 0.1) is 17.6 Å². The Kier molecular flexibility index (Phi) is 4.69. The lowest BCUT2D eigenvalue weighted by molar-refractivity contribution is -0.385. The van der Waals surface area contributed by atoms with Crippen molar-refractivity contribution < 1.29 is 29.8 Å². The lowest BCUT2D eigenvalue weighted by atomic mass is 10.0. The van der Waals surface area contributed by atoms with Crippen LogP contribution in [0.2, 0.25) is 0 Å². The summed E-state index contributed by atoms with van der Waals surface area (Å²) in [6, 6.07) is 7.90. The summed E-state index contributed by atoms with van der Waals surface area (Å²) in [5.41, 5.74) is -0.671. The van der Waals surface area contributed by atoms with Crippen LogP contribution in [0.4, 0.5) is 5.69 Å². The Morgan fingerprint density at radius 1 is 1.21 bits per heavy atom. The number of hydrogen-bond donors (Lipinski definition) is 3. The van der Waals surface area contributed by atoms with Gasteiger partial charge in [0.2, 0.25) is 0 Å². The SMILES string of the molecule is COc1cccc(/C(=C/c2cc([N+](=O)[O-])c(O)cc2O)C(=O)O)c1. The molecule has 0 saturated carbocycles. The van der Waals surface area contributed by atoms with Crippen LogP contribution in [0.5, 0.6) is 17.2 Å². The van der Waals surface area contributed by atoms with Crippen LogP contribution in [0.25, 0.3) is 11.6 Å². The molecule has 0 heterocycles. The van der Waals surface area contributed by atoms with Gasteiger partial charge in [0.15, 0.2) is 5.75 Å². The van der Waals surface area contributed by atoms with Crippen molar-refractivity contribution in [1.29, 1.82) is 0 Å². The summed E-state index contributed by atoms with van der Waals surface area (Å²) in [4.78, 5) is 21.6. The maximum Gasteiger partial charge on any atom is 0.336 e. The number of carboxylic acids is 1. The Bertz CT molecular complexity index is 842. The van der Waals surface area contributed by atoms with Crippen LogP contribution in [0, 0.1) is 10.1 Å². The molecule has 124 valence electrons. The monoisotopic (exact) mass is 331 g/mol. The van der Waals surface area contributed by atoms with Gasteiger partial charge in [-0.15, -0.1) is 0 Å². The number of carboxylic acid groups (broad SMARTS) is 1. The quantitative estimate of drug-likeness (QED) is 0.332. The summed E-state index contributed by atoms with van der Waals surface area (Å²) in [7, 11) is 1.43. The van der Waals surface area contributed by atoms with Gasteiger partial charge in [0.25, 0.3) is 0 Å². The van der Waals surface area contributed by atoms with Crippen molar-refractivity contribution in [2.24, 2.45) is 0 Å². The molecule has 3 N–H and O–H groups in total. The summed E-state index contributed by atoms with van der Waals surface area (Å²) >= 11 is 0. The van der Waals surface area contributed by atoms with E-state index in [-0.39, 0.29) is 16.7 Å². The molecule has 8 heteroatoms. The minimum atomic E-state index is -1.29. The van der Waals surface area contributed by atoms with E-state index in [4.69, 9.17) is 4.74 Å². The first-order chi connectivity index (χ1) is 11.3. The number of rotatable bonds is 5. The van der Waals surface area contributed by atoms with Crippen LogP contribution in [0.1, 0.15) is 11.1 Å². The van der Waals surface area contributed by atoms with E-state index >= 15 is 0 Å². The van der Waals surface area contributed by atoms with Crippen molar-refractivity contribution in [3.05, 3.63) is 57.6 Å². The third kappa shape index (κ3) is 3.43. The van der Waals surface area contributed by atoms with E-state index in [2.05, 4.69) is 0 Å². The maximum atomic E-state index is 11.5. The molecule has 0 atom stereocenters. The highest BCUT2D eigenvalue weighted by atomic mass is 16.6. The Morgan fingerprint density at radius 2 is 1.92 bits per heavy atom. The summed E-state index contributed by atoms with van der Waals surface area (Å²) in [6.45, 7) is 0. The van der Waals surface area contributed by atoms with E-state index < -0.39 is 28.1 Å². The first-order valence-electron chi connectivity index (χ1n) is 6.63. The lowest BCUT2D eigenvalue weighted by Crippen LogP contribution is -2.00. The van der Waals surface area contributed by atoms with Gasteiger partial charge in [-0.25, -0.2) is 4.79 Å². The molecular formula is C16H13NO7. The van der Waals surface area contributed by atoms with E-state index in [1.165, 1.54) is 19.2 Å². The topological polar surface area (TPSA) is 130 Å². The molecule has 0 unspecified atom stereocenters. The number of benzene rings is 2. The molecule has 0 aliphatic heterocycles. The number of nitrogens with zero attached hydrogens (tertiary/aromatic N) is 1. The van der Waals surface area contributed by atoms with Crippen LogP contribution in [-0.4, -0.2) is 33.3 Å². The van der Waals surface area contributed by atoms with Crippen LogP contribution in [0.15, 0.2) is 36.4 Å². The molecule has 2 aromatic carbocycles. The summed E-state index contributed by atoms with van der Waals surface area (Å²) in [5.74, 6) is -2.06.